The maximum absolute atomic E-state index is 16.0. The number of hydrogen-bond acceptors (Lipinski definition) is 10. The van der Waals surface area contributed by atoms with Gasteiger partial charge in [0.1, 0.15) is 0 Å². The molecule has 0 aromatic carbocycles. The van der Waals surface area contributed by atoms with E-state index in [-0.39, 0.29) is 38.9 Å². The summed E-state index contributed by atoms with van der Waals surface area (Å²) in [6.45, 7) is 6.00. The zero-order chi connectivity index (χ0) is 27.7. The average Bonchev–Trinajstić information content (AvgIpc) is 2.70. The average molecular weight is 650 g/mol. The van der Waals surface area contributed by atoms with Crippen LogP contribution in [0.25, 0.3) is 0 Å². The summed E-state index contributed by atoms with van der Waals surface area (Å²) in [6.07, 6.45) is 0.743. The van der Waals surface area contributed by atoms with Gasteiger partial charge < -0.3 is 18.1 Å². The van der Waals surface area contributed by atoms with Crippen molar-refractivity contribution in [1.82, 2.24) is 0 Å². The Morgan fingerprint density at radius 3 is 0.972 bits per heavy atom. The predicted molar refractivity (Wildman–Crippen MR) is 140 cm³/mol. The van der Waals surface area contributed by atoms with E-state index in [1.54, 1.807) is 27.7 Å². The van der Waals surface area contributed by atoms with Crippen LogP contribution in [0.1, 0.15) is 53.4 Å². The lowest BCUT2D eigenvalue weighted by Gasteiger charge is -2.22. The molecule has 6 unspecified atom stereocenters. The molecule has 1 aliphatic heterocycles. The largest absolute Gasteiger partial charge is 0.387 e. The van der Waals surface area contributed by atoms with E-state index in [2.05, 4.69) is 27.1 Å². The van der Waals surface area contributed by atoms with Crippen molar-refractivity contribution in [2.24, 2.45) is 27.1 Å². The Kier molecular flexibility index (Phi) is 14.0. The number of halogens is 6. The molecule has 0 saturated heterocycles. The van der Waals surface area contributed by atoms with Gasteiger partial charge in [-0.2, -0.15) is 38.7 Å². The molecule has 1 heterocycles. The van der Waals surface area contributed by atoms with E-state index in [4.69, 9.17) is 18.1 Å². The van der Waals surface area contributed by atoms with Crippen LogP contribution in [-0.2, 0) is 18.1 Å². The third-order valence-corrected chi connectivity index (χ3v) is 17.7. The lowest BCUT2D eigenvalue weighted by atomic mass is 10.5. The summed E-state index contributed by atoms with van der Waals surface area (Å²) in [7, 11) is -30.9. The van der Waals surface area contributed by atoms with Gasteiger partial charge in [0.15, 0.2) is 0 Å². The molecule has 0 aliphatic carbocycles. The zero-order valence-electron chi connectivity index (χ0n) is 20.9. The zero-order valence-corrected chi connectivity index (χ0v) is 26.3. The number of nitrogens with zero attached hydrogens (tertiary/aromatic N) is 6. The smallest absolute Gasteiger partial charge is 0.303 e. The van der Waals surface area contributed by atoms with Gasteiger partial charge in [-0.1, -0.05) is 27.7 Å². The minimum atomic E-state index is -5.39. The Labute approximate surface area is 209 Å². The van der Waals surface area contributed by atoms with E-state index in [1.807, 2.05) is 0 Å². The Balaban J connectivity index is 4.29. The Morgan fingerprint density at radius 2 is 0.667 bits per heavy atom. The number of rotatable bonds is 12. The van der Waals surface area contributed by atoms with E-state index in [0.29, 0.717) is 13.3 Å². The van der Waals surface area contributed by atoms with Crippen LogP contribution in [0.2, 0.25) is 0 Å². The first-order chi connectivity index (χ1) is 16.5. The van der Waals surface area contributed by atoms with Crippen LogP contribution in [0.15, 0.2) is 27.1 Å². The molecule has 22 heteroatoms. The first-order valence-corrected chi connectivity index (χ1v) is 21.1. The molecule has 0 aromatic rings. The fourth-order valence-electron chi connectivity index (χ4n) is 2.25. The fraction of sp³-hybridized carbons (Fsp3) is 1.00. The summed E-state index contributed by atoms with van der Waals surface area (Å²) in [5.74, 6) is 0. The second-order valence-corrected chi connectivity index (χ2v) is 19.7. The van der Waals surface area contributed by atoms with Crippen molar-refractivity contribution in [3.8, 4) is 0 Å². The summed E-state index contributed by atoms with van der Waals surface area (Å²) in [6, 6.07) is 0. The van der Waals surface area contributed by atoms with Gasteiger partial charge >= 0.3 is 31.0 Å². The van der Waals surface area contributed by atoms with Crippen LogP contribution in [0.4, 0.5) is 25.2 Å². The molecule has 0 fully saturated rings. The molecule has 0 N–H and O–H groups in total. The van der Waals surface area contributed by atoms with Crippen molar-refractivity contribution in [3.05, 3.63) is 0 Å². The highest BCUT2D eigenvalue weighted by Gasteiger charge is 2.39. The normalized spacial score (nSPS) is 39.7. The van der Waals surface area contributed by atoms with E-state index in [9.17, 15) is 0 Å². The molecular weight excluding hydrogens is 616 g/mol. The molecule has 0 amide bonds. The Hall–Kier alpha value is 0.800. The molecule has 0 bridgehead atoms. The summed E-state index contributed by atoms with van der Waals surface area (Å²) in [4.78, 5) is 0. The summed E-state index contributed by atoms with van der Waals surface area (Å²) >= 11 is 0. The van der Waals surface area contributed by atoms with Gasteiger partial charge in [0.05, 0.1) is 26.4 Å². The van der Waals surface area contributed by atoms with Crippen LogP contribution in [0.3, 0.4) is 0 Å². The van der Waals surface area contributed by atoms with Crippen LogP contribution in [-0.4, -0.2) is 39.8 Å². The minimum absolute atomic E-state index is 0.176. The standard InChI is InChI=1S/C14H34F6N6O4P6/c1-7-11-27-33(17)22-31(5,15)21-32(6,16)23-34(18,28-12-8-2)25-36(20,30-14-10-4)26-35(19,24-33)29-13-9-3/h7-14H2,1-6H3. The maximum Gasteiger partial charge on any atom is 0.387 e. The summed E-state index contributed by atoms with van der Waals surface area (Å²) < 4.78 is 133. The highest BCUT2D eigenvalue weighted by molar-refractivity contribution is 7.80. The molecule has 216 valence electrons. The summed E-state index contributed by atoms with van der Waals surface area (Å²) in [5, 5.41) is 0. The Bertz CT molecular complexity index is 1060. The molecule has 0 radical (unpaired) electrons. The van der Waals surface area contributed by atoms with Crippen molar-refractivity contribution >= 4 is 46.0 Å². The van der Waals surface area contributed by atoms with Crippen molar-refractivity contribution in [2.75, 3.05) is 39.8 Å². The van der Waals surface area contributed by atoms with Crippen molar-refractivity contribution in [3.63, 3.8) is 0 Å². The second kappa shape index (κ2) is 14.4. The predicted octanol–water partition coefficient (Wildman–Crippen LogP) is 12.6. The van der Waals surface area contributed by atoms with Gasteiger partial charge in [-0.15, -0.1) is 13.5 Å². The van der Waals surface area contributed by atoms with Crippen molar-refractivity contribution < 1.29 is 43.3 Å². The highest BCUT2D eigenvalue weighted by atomic mass is 31.3. The topological polar surface area (TPSA) is 111 Å². The molecule has 0 aromatic heterocycles. The second-order valence-electron chi connectivity index (χ2n) is 7.38. The molecule has 1 rings (SSSR count). The summed E-state index contributed by atoms with van der Waals surface area (Å²) in [5.41, 5.74) is 0. The highest BCUT2D eigenvalue weighted by Crippen LogP contribution is 2.81. The van der Waals surface area contributed by atoms with E-state index in [1.165, 1.54) is 0 Å². The first kappa shape index (κ1) is 34.8. The monoisotopic (exact) mass is 650 g/mol. The van der Waals surface area contributed by atoms with Gasteiger partial charge in [0.25, 0.3) is 0 Å². The van der Waals surface area contributed by atoms with Gasteiger partial charge in [-0.25, -0.2) is 0 Å². The van der Waals surface area contributed by atoms with Gasteiger partial charge in [0, 0.05) is 13.3 Å². The van der Waals surface area contributed by atoms with Gasteiger partial charge in [-0.3, -0.25) is 0 Å². The van der Waals surface area contributed by atoms with Gasteiger partial charge in [0.2, 0.25) is 15.0 Å². The molecule has 0 spiro atoms. The van der Waals surface area contributed by atoms with Gasteiger partial charge in [-0.05, 0) is 25.7 Å². The molecule has 1 aliphatic rings. The van der Waals surface area contributed by atoms with Crippen molar-refractivity contribution in [2.45, 2.75) is 53.4 Å². The van der Waals surface area contributed by atoms with Crippen LogP contribution >= 0.6 is 46.0 Å². The molecule has 0 saturated carbocycles. The van der Waals surface area contributed by atoms with E-state index in [0.717, 1.165) is 0 Å². The molecular formula is C14H34F6N6O4P6. The number of hydrogen-bond donors (Lipinski definition) is 0. The first-order valence-electron chi connectivity index (χ1n) is 11.0. The fourth-order valence-corrected chi connectivity index (χ4v) is 17.2. The maximum atomic E-state index is 16.0. The molecule has 10 nitrogen and oxygen atoms in total. The lowest BCUT2D eigenvalue weighted by Crippen LogP contribution is -1.92. The molecule has 36 heavy (non-hydrogen) atoms. The third-order valence-electron chi connectivity index (χ3n) is 3.37. The van der Waals surface area contributed by atoms with Crippen LogP contribution in [0.5, 0.6) is 0 Å². The molecule has 6 atom stereocenters. The minimum Gasteiger partial charge on any atom is -0.303 e. The Morgan fingerprint density at radius 1 is 0.417 bits per heavy atom. The van der Waals surface area contributed by atoms with E-state index >= 15 is 25.2 Å². The third kappa shape index (κ3) is 12.3. The quantitative estimate of drug-likeness (QED) is 0.155. The SMILES string of the molecule is CCCOP1(F)=NP(C)(F)=NP(C)(F)=NP(F)(OCCC)=NP(F)(OCCC)=NP(F)(OCCC)=N1. The van der Waals surface area contributed by atoms with Crippen molar-refractivity contribution in [1.29, 1.82) is 0 Å². The van der Waals surface area contributed by atoms with Crippen LogP contribution in [0, 0.1) is 0 Å². The van der Waals surface area contributed by atoms with Crippen LogP contribution < -0.4 is 0 Å². The van der Waals surface area contributed by atoms with E-state index < -0.39 is 59.2 Å². The lowest BCUT2D eigenvalue weighted by molar-refractivity contribution is 0.310.